The number of rotatable bonds is 5. The van der Waals surface area contributed by atoms with Gasteiger partial charge in [0.05, 0.1) is 7.11 Å². The van der Waals surface area contributed by atoms with Crippen molar-refractivity contribution in [2.24, 2.45) is 0 Å². The Hall–Kier alpha value is -2.89. The van der Waals surface area contributed by atoms with Crippen LogP contribution >= 0.6 is 0 Å². The first-order chi connectivity index (χ1) is 9.51. The zero-order chi connectivity index (χ0) is 15.0. The number of carboxylic acids is 1. The van der Waals surface area contributed by atoms with Gasteiger partial charge in [-0.2, -0.15) is 0 Å². The third-order valence-electron chi connectivity index (χ3n) is 2.17. The Morgan fingerprint density at radius 3 is 2.30 bits per heavy atom. The highest BCUT2D eigenvalue weighted by atomic mass is 16.5. The van der Waals surface area contributed by atoms with E-state index >= 15 is 0 Å². The average Bonchev–Trinajstić information content (AvgIpc) is 2.44. The molecule has 0 fully saturated rings. The van der Waals surface area contributed by atoms with Gasteiger partial charge in [0.15, 0.2) is 0 Å². The molecular formula is C14H13NO5. The number of methoxy groups -OCH3 is 1. The van der Waals surface area contributed by atoms with Crippen LogP contribution in [-0.4, -0.2) is 30.1 Å². The third kappa shape index (κ3) is 5.63. The Morgan fingerprint density at radius 1 is 1.10 bits per heavy atom. The lowest BCUT2D eigenvalue weighted by atomic mass is 10.2. The van der Waals surface area contributed by atoms with E-state index in [9.17, 15) is 14.4 Å². The predicted octanol–water partition coefficient (Wildman–Crippen LogP) is 1.45. The largest absolute Gasteiger partial charge is 0.478 e. The number of amides is 1. The number of aliphatic carboxylic acids is 1. The highest BCUT2D eigenvalue weighted by Gasteiger charge is 1.99. The second-order valence-corrected chi connectivity index (χ2v) is 3.64. The van der Waals surface area contributed by atoms with Crippen LogP contribution in [0.15, 0.2) is 42.5 Å². The molecule has 1 aromatic carbocycles. The van der Waals surface area contributed by atoms with Crippen molar-refractivity contribution in [3.63, 3.8) is 0 Å². The van der Waals surface area contributed by atoms with Crippen molar-refractivity contribution in [1.82, 2.24) is 0 Å². The number of hydrogen-bond donors (Lipinski definition) is 2. The molecule has 0 radical (unpaired) electrons. The maximum absolute atomic E-state index is 11.4. The lowest BCUT2D eigenvalue weighted by molar-refractivity contribution is -0.135. The Kier molecular flexibility index (Phi) is 5.71. The van der Waals surface area contributed by atoms with E-state index in [1.54, 1.807) is 24.3 Å². The minimum Gasteiger partial charge on any atom is -0.478 e. The molecular weight excluding hydrogens is 262 g/mol. The predicted molar refractivity (Wildman–Crippen MR) is 72.9 cm³/mol. The molecule has 0 atom stereocenters. The van der Waals surface area contributed by atoms with Crippen molar-refractivity contribution in [1.29, 1.82) is 0 Å². The van der Waals surface area contributed by atoms with Crippen LogP contribution in [-0.2, 0) is 19.1 Å². The first-order valence-corrected chi connectivity index (χ1v) is 5.59. The minimum atomic E-state index is -1.03. The molecule has 1 rings (SSSR count). The van der Waals surface area contributed by atoms with E-state index in [0.29, 0.717) is 11.3 Å². The summed E-state index contributed by atoms with van der Waals surface area (Å²) < 4.78 is 4.35. The third-order valence-corrected chi connectivity index (χ3v) is 2.17. The molecule has 0 saturated carbocycles. The Balaban J connectivity index is 2.61. The molecule has 0 aliphatic rings. The molecule has 0 heterocycles. The lowest BCUT2D eigenvalue weighted by Crippen LogP contribution is -2.08. The van der Waals surface area contributed by atoms with Gasteiger partial charge in [-0.3, -0.25) is 4.79 Å². The van der Waals surface area contributed by atoms with Gasteiger partial charge >= 0.3 is 11.9 Å². The monoisotopic (exact) mass is 275 g/mol. The Morgan fingerprint density at radius 2 is 1.75 bits per heavy atom. The molecule has 104 valence electrons. The number of ether oxygens (including phenoxy) is 1. The minimum absolute atomic E-state index is 0.468. The highest BCUT2D eigenvalue weighted by molar-refractivity contribution is 6.02. The van der Waals surface area contributed by atoms with Gasteiger partial charge in [-0.05, 0) is 23.8 Å². The standard InChI is InChI=1S/C14H13NO5/c1-20-14(19)9-7-12(16)15-11-5-2-10(3-6-11)4-8-13(17)18/h2-9H,1H3,(H,15,16)(H,17,18)/b8-4+,9-7+. The number of hydrogen-bond acceptors (Lipinski definition) is 4. The number of benzene rings is 1. The van der Waals surface area contributed by atoms with Gasteiger partial charge in [0, 0.05) is 23.9 Å². The molecule has 0 bridgehead atoms. The lowest BCUT2D eigenvalue weighted by Gasteiger charge is -2.02. The smallest absolute Gasteiger partial charge is 0.330 e. The maximum atomic E-state index is 11.4. The Labute approximate surface area is 115 Å². The van der Waals surface area contributed by atoms with Gasteiger partial charge in [0.25, 0.3) is 0 Å². The molecule has 0 aromatic heterocycles. The van der Waals surface area contributed by atoms with Crippen molar-refractivity contribution >= 4 is 29.6 Å². The molecule has 0 aliphatic heterocycles. The Bertz CT molecular complexity index is 557. The molecule has 20 heavy (non-hydrogen) atoms. The molecule has 0 unspecified atom stereocenters. The summed E-state index contributed by atoms with van der Waals surface area (Å²) in [6.45, 7) is 0. The summed E-state index contributed by atoms with van der Waals surface area (Å²) in [5, 5.41) is 11.0. The zero-order valence-electron chi connectivity index (χ0n) is 10.7. The normalized spacial score (nSPS) is 10.7. The molecule has 6 heteroatoms. The van der Waals surface area contributed by atoms with Gasteiger partial charge in [0.2, 0.25) is 5.91 Å². The highest BCUT2D eigenvalue weighted by Crippen LogP contribution is 2.10. The van der Waals surface area contributed by atoms with Crippen LogP contribution < -0.4 is 5.32 Å². The summed E-state index contributed by atoms with van der Waals surface area (Å²) in [6, 6.07) is 6.54. The number of carbonyl (C=O) groups excluding carboxylic acids is 2. The quantitative estimate of drug-likeness (QED) is 0.626. The van der Waals surface area contributed by atoms with E-state index in [1.807, 2.05) is 0 Å². The van der Waals surface area contributed by atoms with Crippen molar-refractivity contribution in [2.75, 3.05) is 12.4 Å². The number of anilines is 1. The molecule has 6 nitrogen and oxygen atoms in total. The van der Waals surface area contributed by atoms with Crippen LogP contribution in [0.4, 0.5) is 5.69 Å². The summed E-state index contributed by atoms with van der Waals surface area (Å²) in [6.07, 6.45) is 4.53. The van der Waals surface area contributed by atoms with Crippen LogP contribution in [0.1, 0.15) is 5.56 Å². The van der Waals surface area contributed by atoms with Crippen LogP contribution in [0.2, 0.25) is 0 Å². The molecule has 2 N–H and O–H groups in total. The molecule has 1 amide bonds. The first-order valence-electron chi connectivity index (χ1n) is 5.59. The van der Waals surface area contributed by atoms with Crippen LogP contribution in [0.25, 0.3) is 6.08 Å². The second kappa shape index (κ2) is 7.52. The van der Waals surface area contributed by atoms with Crippen molar-refractivity contribution in [2.45, 2.75) is 0 Å². The summed E-state index contributed by atoms with van der Waals surface area (Å²) in [7, 11) is 1.22. The van der Waals surface area contributed by atoms with Crippen LogP contribution in [0.3, 0.4) is 0 Å². The molecule has 0 aliphatic carbocycles. The fraction of sp³-hybridized carbons (Fsp3) is 0.0714. The summed E-state index contributed by atoms with van der Waals surface area (Å²) in [5.74, 6) is -2.12. The second-order valence-electron chi connectivity index (χ2n) is 3.64. The summed E-state index contributed by atoms with van der Waals surface area (Å²) >= 11 is 0. The van der Waals surface area contributed by atoms with Crippen molar-refractivity contribution < 1.29 is 24.2 Å². The van der Waals surface area contributed by atoms with Gasteiger partial charge < -0.3 is 15.2 Å². The van der Waals surface area contributed by atoms with Crippen molar-refractivity contribution in [3.05, 3.63) is 48.1 Å². The van der Waals surface area contributed by atoms with E-state index in [-0.39, 0.29) is 0 Å². The van der Waals surface area contributed by atoms with Crippen LogP contribution in [0, 0.1) is 0 Å². The molecule has 1 aromatic rings. The van der Waals surface area contributed by atoms with E-state index in [0.717, 1.165) is 18.2 Å². The van der Waals surface area contributed by atoms with Crippen molar-refractivity contribution in [3.8, 4) is 0 Å². The number of carboxylic acid groups (broad SMARTS) is 1. The number of esters is 1. The number of nitrogens with one attached hydrogen (secondary N) is 1. The van der Waals surface area contributed by atoms with E-state index in [2.05, 4.69) is 10.1 Å². The van der Waals surface area contributed by atoms with Gasteiger partial charge in [-0.1, -0.05) is 12.1 Å². The fourth-order valence-electron chi connectivity index (χ4n) is 1.24. The zero-order valence-corrected chi connectivity index (χ0v) is 10.7. The van der Waals surface area contributed by atoms with Gasteiger partial charge in [-0.15, -0.1) is 0 Å². The fourth-order valence-corrected chi connectivity index (χ4v) is 1.24. The molecule has 0 spiro atoms. The van der Waals surface area contributed by atoms with Gasteiger partial charge in [0.1, 0.15) is 0 Å². The van der Waals surface area contributed by atoms with E-state index in [1.165, 1.54) is 13.2 Å². The topological polar surface area (TPSA) is 92.7 Å². The number of carbonyl (C=O) groups is 3. The average molecular weight is 275 g/mol. The van der Waals surface area contributed by atoms with Crippen LogP contribution in [0.5, 0.6) is 0 Å². The summed E-state index contributed by atoms with van der Waals surface area (Å²) in [4.78, 5) is 32.6. The first kappa shape index (κ1) is 15.2. The molecule has 0 saturated heterocycles. The van der Waals surface area contributed by atoms with E-state index in [4.69, 9.17) is 5.11 Å². The SMILES string of the molecule is COC(=O)/C=C/C(=O)Nc1ccc(/C=C/C(=O)O)cc1. The van der Waals surface area contributed by atoms with Gasteiger partial charge in [-0.25, -0.2) is 9.59 Å². The van der Waals surface area contributed by atoms with E-state index < -0.39 is 17.8 Å². The maximum Gasteiger partial charge on any atom is 0.330 e. The summed E-state index contributed by atoms with van der Waals surface area (Å²) in [5.41, 5.74) is 1.22.